The van der Waals surface area contributed by atoms with E-state index in [4.69, 9.17) is 0 Å². The summed E-state index contributed by atoms with van der Waals surface area (Å²) in [6, 6.07) is 11.2. The number of nitrogens with zero attached hydrogens (tertiary/aromatic N) is 3. The minimum atomic E-state index is -0.170. The monoisotopic (exact) mass is 266 g/mol. The fraction of sp³-hybridized carbons (Fsp3) is 0.133. The second-order valence-electron chi connectivity index (χ2n) is 4.66. The van der Waals surface area contributed by atoms with Crippen molar-refractivity contribution in [2.45, 2.75) is 6.92 Å². The third kappa shape index (κ3) is 2.25. The number of amides is 1. The van der Waals surface area contributed by atoms with E-state index in [-0.39, 0.29) is 5.91 Å². The van der Waals surface area contributed by atoms with Gasteiger partial charge in [0.2, 0.25) is 0 Å². The van der Waals surface area contributed by atoms with Gasteiger partial charge in [-0.3, -0.25) is 14.5 Å². The standard InChI is InChI=1S/C15H14N4O/c1-10-8-14(19(2)18-10)15(20)17-12-5-6-13-11(9-12)4-3-7-16-13/h3-9H,1-2H3,(H,17,20). The van der Waals surface area contributed by atoms with Gasteiger partial charge < -0.3 is 5.32 Å². The molecule has 0 unspecified atom stereocenters. The van der Waals surface area contributed by atoms with Gasteiger partial charge in [-0.2, -0.15) is 5.10 Å². The average Bonchev–Trinajstić information content (AvgIpc) is 2.78. The topological polar surface area (TPSA) is 59.8 Å². The smallest absolute Gasteiger partial charge is 0.273 e. The first kappa shape index (κ1) is 12.3. The van der Waals surface area contributed by atoms with Crippen LogP contribution in [0.15, 0.2) is 42.6 Å². The van der Waals surface area contributed by atoms with Gasteiger partial charge in [-0.15, -0.1) is 0 Å². The molecule has 0 bridgehead atoms. The quantitative estimate of drug-likeness (QED) is 0.775. The first-order valence-corrected chi connectivity index (χ1v) is 6.30. The maximum Gasteiger partial charge on any atom is 0.273 e. The SMILES string of the molecule is Cc1cc(C(=O)Nc2ccc3ncccc3c2)n(C)n1. The van der Waals surface area contributed by atoms with E-state index in [9.17, 15) is 4.79 Å². The molecule has 0 saturated carbocycles. The molecular weight excluding hydrogens is 252 g/mol. The highest BCUT2D eigenvalue weighted by Crippen LogP contribution is 2.17. The molecule has 1 aromatic carbocycles. The average molecular weight is 266 g/mol. The normalized spacial score (nSPS) is 10.7. The van der Waals surface area contributed by atoms with Crippen LogP contribution in [0.25, 0.3) is 10.9 Å². The molecule has 0 aliphatic rings. The predicted molar refractivity (Wildman–Crippen MR) is 77.6 cm³/mol. The van der Waals surface area contributed by atoms with Crippen molar-refractivity contribution in [2.24, 2.45) is 7.05 Å². The lowest BCUT2D eigenvalue weighted by atomic mass is 10.2. The van der Waals surface area contributed by atoms with E-state index in [0.717, 1.165) is 22.3 Å². The summed E-state index contributed by atoms with van der Waals surface area (Å²) in [5.74, 6) is -0.170. The lowest BCUT2D eigenvalue weighted by Gasteiger charge is -2.06. The Morgan fingerprint density at radius 1 is 1.25 bits per heavy atom. The second-order valence-corrected chi connectivity index (χ2v) is 4.66. The number of aromatic nitrogens is 3. The zero-order chi connectivity index (χ0) is 14.1. The number of fused-ring (bicyclic) bond motifs is 1. The van der Waals surface area contributed by atoms with Crippen LogP contribution in [-0.2, 0) is 7.05 Å². The molecule has 3 rings (SSSR count). The van der Waals surface area contributed by atoms with E-state index in [2.05, 4.69) is 15.4 Å². The van der Waals surface area contributed by atoms with Gasteiger partial charge in [0.1, 0.15) is 5.69 Å². The number of nitrogens with one attached hydrogen (secondary N) is 1. The van der Waals surface area contributed by atoms with E-state index in [0.29, 0.717) is 5.69 Å². The number of benzene rings is 1. The van der Waals surface area contributed by atoms with E-state index < -0.39 is 0 Å². The number of rotatable bonds is 2. The Morgan fingerprint density at radius 2 is 2.10 bits per heavy atom. The fourth-order valence-corrected chi connectivity index (χ4v) is 2.17. The van der Waals surface area contributed by atoms with Gasteiger partial charge >= 0.3 is 0 Å². The summed E-state index contributed by atoms with van der Waals surface area (Å²) in [6.45, 7) is 1.86. The zero-order valence-corrected chi connectivity index (χ0v) is 11.3. The number of anilines is 1. The summed E-state index contributed by atoms with van der Waals surface area (Å²) < 4.78 is 1.58. The van der Waals surface area contributed by atoms with E-state index in [1.807, 2.05) is 37.3 Å². The van der Waals surface area contributed by atoms with E-state index in [1.165, 1.54) is 0 Å². The van der Waals surface area contributed by atoms with Gasteiger partial charge in [0.15, 0.2) is 0 Å². The van der Waals surface area contributed by atoms with Crippen molar-refractivity contribution in [1.29, 1.82) is 0 Å². The van der Waals surface area contributed by atoms with Crippen molar-refractivity contribution in [3.05, 3.63) is 54.0 Å². The molecule has 1 N–H and O–H groups in total. The molecule has 0 aliphatic heterocycles. The number of pyridine rings is 1. The van der Waals surface area contributed by atoms with Crippen LogP contribution >= 0.6 is 0 Å². The molecule has 1 amide bonds. The molecule has 2 heterocycles. The lowest BCUT2D eigenvalue weighted by molar-refractivity contribution is 0.101. The fourth-order valence-electron chi connectivity index (χ4n) is 2.17. The molecule has 0 saturated heterocycles. The molecule has 0 atom stereocenters. The lowest BCUT2D eigenvalue weighted by Crippen LogP contribution is -2.15. The Bertz CT molecular complexity index is 791. The van der Waals surface area contributed by atoms with Crippen molar-refractivity contribution in [1.82, 2.24) is 14.8 Å². The van der Waals surface area contributed by atoms with E-state index in [1.54, 1.807) is 24.0 Å². The molecule has 20 heavy (non-hydrogen) atoms. The number of carbonyl (C=O) groups excluding carboxylic acids is 1. The molecular formula is C15H14N4O. The summed E-state index contributed by atoms with van der Waals surface area (Å²) >= 11 is 0. The molecule has 0 spiro atoms. The Balaban J connectivity index is 1.89. The van der Waals surface area contributed by atoms with Crippen LogP contribution < -0.4 is 5.32 Å². The number of hydrogen-bond donors (Lipinski definition) is 1. The zero-order valence-electron chi connectivity index (χ0n) is 11.3. The van der Waals surface area contributed by atoms with Crippen molar-refractivity contribution in [3.8, 4) is 0 Å². The molecule has 3 aromatic rings. The minimum Gasteiger partial charge on any atom is -0.321 e. The summed E-state index contributed by atoms with van der Waals surface area (Å²) in [6.07, 6.45) is 1.75. The Morgan fingerprint density at radius 3 is 2.85 bits per heavy atom. The van der Waals surface area contributed by atoms with Crippen LogP contribution in [0.1, 0.15) is 16.2 Å². The van der Waals surface area contributed by atoms with Crippen LogP contribution in [0.4, 0.5) is 5.69 Å². The Hall–Kier alpha value is -2.69. The second kappa shape index (κ2) is 4.77. The molecule has 5 nitrogen and oxygen atoms in total. The maximum atomic E-state index is 12.2. The highest BCUT2D eigenvalue weighted by atomic mass is 16.2. The van der Waals surface area contributed by atoms with Gasteiger partial charge in [0, 0.05) is 24.3 Å². The minimum absolute atomic E-state index is 0.170. The van der Waals surface area contributed by atoms with Gasteiger partial charge in [-0.05, 0) is 37.3 Å². The summed E-state index contributed by atoms with van der Waals surface area (Å²) in [4.78, 5) is 16.4. The Kier molecular flexibility index (Phi) is 2.95. The number of carbonyl (C=O) groups is 1. The highest BCUT2D eigenvalue weighted by Gasteiger charge is 2.12. The third-order valence-electron chi connectivity index (χ3n) is 3.10. The molecule has 2 aromatic heterocycles. The number of aryl methyl sites for hydroxylation is 2. The predicted octanol–water partition coefficient (Wildman–Crippen LogP) is 2.53. The maximum absolute atomic E-state index is 12.2. The summed E-state index contributed by atoms with van der Waals surface area (Å²) in [5, 5.41) is 8.04. The van der Waals surface area contributed by atoms with Crippen molar-refractivity contribution in [3.63, 3.8) is 0 Å². The Labute approximate surface area is 116 Å². The first-order chi connectivity index (χ1) is 9.63. The van der Waals surface area contributed by atoms with Crippen LogP contribution in [0.3, 0.4) is 0 Å². The van der Waals surface area contributed by atoms with Crippen LogP contribution in [0, 0.1) is 6.92 Å². The third-order valence-corrected chi connectivity index (χ3v) is 3.10. The van der Waals surface area contributed by atoms with Gasteiger partial charge in [0.25, 0.3) is 5.91 Å². The molecule has 0 radical (unpaired) electrons. The largest absolute Gasteiger partial charge is 0.321 e. The van der Waals surface area contributed by atoms with Crippen LogP contribution in [0.5, 0.6) is 0 Å². The summed E-state index contributed by atoms with van der Waals surface area (Å²) in [7, 11) is 1.76. The first-order valence-electron chi connectivity index (χ1n) is 6.30. The van der Waals surface area contributed by atoms with Gasteiger partial charge in [-0.1, -0.05) is 6.07 Å². The van der Waals surface area contributed by atoms with Crippen LogP contribution in [0.2, 0.25) is 0 Å². The van der Waals surface area contributed by atoms with Crippen molar-refractivity contribution < 1.29 is 4.79 Å². The van der Waals surface area contributed by atoms with Gasteiger partial charge in [-0.25, -0.2) is 0 Å². The van der Waals surface area contributed by atoms with E-state index >= 15 is 0 Å². The van der Waals surface area contributed by atoms with Crippen LogP contribution in [-0.4, -0.2) is 20.7 Å². The van der Waals surface area contributed by atoms with Gasteiger partial charge in [0.05, 0.1) is 11.2 Å². The highest BCUT2D eigenvalue weighted by molar-refractivity contribution is 6.04. The molecule has 0 fully saturated rings. The number of hydrogen-bond acceptors (Lipinski definition) is 3. The molecule has 0 aliphatic carbocycles. The summed E-state index contributed by atoms with van der Waals surface area (Å²) in [5.41, 5.74) is 3.00. The molecule has 100 valence electrons. The van der Waals surface area contributed by atoms with Crippen molar-refractivity contribution in [2.75, 3.05) is 5.32 Å². The molecule has 5 heteroatoms. The van der Waals surface area contributed by atoms with Crippen molar-refractivity contribution >= 4 is 22.5 Å².